The molecule has 0 saturated carbocycles. The number of ether oxygens (including phenoxy) is 1. The monoisotopic (exact) mass is 301 g/mol. The van der Waals surface area contributed by atoms with Gasteiger partial charge in [0.2, 0.25) is 0 Å². The van der Waals surface area contributed by atoms with E-state index in [9.17, 15) is 10.1 Å². The van der Waals surface area contributed by atoms with Gasteiger partial charge in [0.25, 0.3) is 0 Å². The summed E-state index contributed by atoms with van der Waals surface area (Å²) < 4.78 is 4.98. The standard InChI is InChI=1S/C15H15N3O2S/c1-2-20-15(19)10(7-16)13-12-9-5-3-4-6-11(9)21-14(12)18-8-17-13/h8H,2-6H2,1H3,(H,17,18)/b13-10+. The zero-order valence-corrected chi connectivity index (χ0v) is 12.5. The number of nitrogens with one attached hydrogen (secondary N) is 1. The van der Waals surface area contributed by atoms with Crippen molar-refractivity contribution in [3.63, 3.8) is 0 Å². The molecule has 0 radical (unpaired) electrons. The van der Waals surface area contributed by atoms with Crippen molar-refractivity contribution in [2.75, 3.05) is 6.61 Å². The average Bonchev–Trinajstić information content (AvgIpc) is 2.87. The van der Waals surface area contributed by atoms with Crippen molar-refractivity contribution < 1.29 is 9.53 Å². The van der Waals surface area contributed by atoms with Crippen molar-refractivity contribution >= 4 is 34.3 Å². The van der Waals surface area contributed by atoms with E-state index >= 15 is 0 Å². The molecule has 1 aliphatic carbocycles. The summed E-state index contributed by atoms with van der Waals surface area (Å²) in [6, 6.07) is 1.98. The highest BCUT2D eigenvalue weighted by molar-refractivity contribution is 7.16. The summed E-state index contributed by atoms with van der Waals surface area (Å²) in [4.78, 5) is 17.7. The molecule has 1 N–H and O–H groups in total. The molecule has 0 amide bonds. The van der Waals surface area contributed by atoms with E-state index in [1.54, 1.807) is 18.3 Å². The molecule has 6 heteroatoms. The summed E-state index contributed by atoms with van der Waals surface area (Å²) in [5.74, 6) is -0.584. The van der Waals surface area contributed by atoms with Crippen molar-refractivity contribution in [1.29, 1.82) is 5.26 Å². The van der Waals surface area contributed by atoms with Gasteiger partial charge in [-0.05, 0) is 38.2 Å². The van der Waals surface area contributed by atoms with Gasteiger partial charge in [0, 0.05) is 10.4 Å². The van der Waals surface area contributed by atoms with E-state index in [-0.39, 0.29) is 12.2 Å². The van der Waals surface area contributed by atoms with Crippen LogP contribution in [0.3, 0.4) is 0 Å². The quantitative estimate of drug-likeness (QED) is 0.518. The number of hydrogen-bond donors (Lipinski definition) is 1. The van der Waals surface area contributed by atoms with Gasteiger partial charge in [0.15, 0.2) is 5.57 Å². The predicted molar refractivity (Wildman–Crippen MR) is 81.4 cm³/mol. The van der Waals surface area contributed by atoms with E-state index in [1.807, 2.05) is 6.07 Å². The number of carbonyl (C=O) groups is 1. The van der Waals surface area contributed by atoms with Crippen LogP contribution in [0, 0.1) is 11.3 Å². The highest BCUT2D eigenvalue weighted by Crippen LogP contribution is 2.44. The Hall–Kier alpha value is -2.13. The van der Waals surface area contributed by atoms with Crippen LogP contribution >= 0.6 is 11.3 Å². The minimum Gasteiger partial charge on any atom is -0.462 e. The molecular formula is C15H15N3O2S. The van der Waals surface area contributed by atoms with Gasteiger partial charge >= 0.3 is 5.97 Å². The first kappa shape index (κ1) is 13.8. The summed E-state index contributed by atoms with van der Waals surface area (Å²) in [6.07, 6.45) is 5.89. The van der Waals surface area contributed by atoms with Gasteiger partial charge in [-0.3, -0.25) is 0 Å². The summed E-state index contributed by atoms with van der Waals surface area (Å²) in [5.41, 5.74) is 2.72. The van der Waals surface area contributed by atoms with Crippen molar-refractivity contribution in [3.8, 4) is 6.07 Å². The molecule has 0 saturated heterocycles. The smallest absolute Gasteiger partial charge is 0.351 e. The zero-order chi connectivity index (χ0) is 14.8. The molecule has 0 aromatic carbocycles. The van der Waals surface area contributed by atoms with E-state index in [0.717, 1.165) is 29.8 Å². The largest absolute Gasteiger partial charge is 0.462 e. The third kappa shape index (κ3) is 2.34. The molecule has 2 heterocycles. The number of nitrogens with zero attached hydrogens (tertiary/aromatic N) is 2. The van der Waals surface area contributed by atoms with Gasteiger partial charge in [0.05, 0.1) is 18.6 Å². The lowest BCUT2D eigenvalue weighted by Gasteiger charge is -2.17. The average molecular weight is 301 g/mol. The van der Waals surface area contributed by atoms with Gasteiger partial charge in [-0.2, -0.15) is 5.26 Å². The van der Waals surface area contributed by atoms with Crippen LogP contribution in [0.25, 0.3) is 5.70 Å². The minimum atomic E-state index is -0.584. The summed E-state index contributed by atoms with van der Waals surface area (Å²) >= 11 is 1.66. The van der Waals surface area contributed by atoms with E-state index in [2.05, 4.69) is 10.3 Å². The Balaban J connectivity index is 2.15. The van der Waals surface area contributed by atoms with Crippen LogP contribution in [0.15, 0.2) is 10.6 Å². The summed E-state index contributed by atoms with van der Waals surface area (Å²) in [6.45, 7) is 1.98. The van der Waals surface area contributed by atoms with Crippen LogP contribution in [-0.2, 0) is 22.4 Å². The molecule has 2 aliphatic rings. The predicted octanol–water partition coefficient (Wildman–Crippen LogP) is 2.69. The SMILES string of the molecule is CCOC(=O)/C(C#N)=C1/NC=Nc2sc3c(c21)CCCC3. The number of nitriles is 1. The van der Waals surface area contributed by atoms with E-state index in [0.29, 0.717) is 5.70 Å². The topological polar surface area (TPSA) is 74.5 Å². The molecule has 0 atom stereocenters. The number of rotatable bonds is 2. The Kier molecular flexibility index (Phi) is 3.76. The second-order valence-electron chi connectivity index (χ2n) is 4.88. The first-order valence-electron chi connectivity index (χ1n) is 7.01. The Morgan fingerprint density at radius 1 is 1.52 bits per heavy atom. The maximum atomic E-state index is 12.0. The number of fused-ring (bicyclic) bond motifs is 3. The van der Waals surface area contributed by atoms with Crippen molar-refractivity contribution in [1.82, 2.24) is 5.32 Å². The van der Waals surface area contributed by atoms with Crippen LogP contribution < -0.4 is 5.32 Å². The lowest BCUT2D eigenvalue weighted by molar-refractivity contribution is -0.137. The number of aliphatic imine (C=N–C) groups is 1. The normalized spacial score (nSPS) is 18.1. The zero-order valence-electron chi connectivity index (χ0n) is 11.7. The Morgan fingerprint density at radius 3 is 3.10 bits per heavy atom. The van der Waals surface area contributed by atoms with Gasteiger partial charge in [0.1, 0.15) is 11.1 Å². The number of thiophene rings is 1. The minimum absolute atomic E-state index is 0.0235. The molecular weight excluding hydrogens is 286 g/mol. The fraction of sp³-hybridized carbons (Fsp3) is 0.400. The van der Waals surface area contributed by atoms with Crippen molar-refractivity contribution in [2.24, 2.45) is 4.99 Å². The molecule has 1 aromatic heterocycles. The molecule has 0 unspecified atom stereocenters. The number of hydrogen-bond acceptors (Lipinski definition) is 6. The molecule has 0 bridgehead atoms. The molecule has 0 spiro atoms. The van der Waals surface area contributed by atoms with E-state index in [1.165, 1.54) is 23.2 Å². The molecule has 21 heavy (non-hydrogen) atoms. The number of aryl methyl sites for hydroxylation is 1. The molecule has 3 rings (SSSR count). The summed E-state index contributed by atoms with van der Waals surface area (Å²) in [7, 11) is 0. The number of carbonyl (C=O) groups excluding carboxylic acids is 1. The first-order chi connectivity index (χ1) is 10.3. The van der Waals surface area contributed by atoms with Gasteiger partial charge in [-0.25, -0.2) is 9.79 Å². The fourth-order valence-corrected chi connectivity index (χ4v) is 3.97. The lowest BCUT2D eigenvalue weighted by Crippen LogP contribution is -2.20. The Bertz CT molecular complexity index is 695. The van der Waals surface area contributed by atoms with E-state index in [4.69, 9.17) is 4.74 Å². The number of esters is 1. The van der Waals surface area contributed by atoms with Crippen LogP contribution in [-0.4, -0.2) is 18.9 Å². The highest BCUT2D eigenvalue weighted by atomic mass is 32.1. The van der Waals surface area contributed by atoms with Crippen molar-refractivity contribution in [2.45, 2.75) is 32.6 Å². The first-order valence-corrected chi connectivity index (χ1v) is 7.83. The summed E-state index contributed by atoms with van der Waals surface area (Å²) in [5, 5.41) is 13.2. The van der Waals surface area contributed by atoms with Crippen LogP contribution in [0.1, 0.15) is 35.8 Å². The van der Waals surface area contributed by atoms with Crippen LogP contribution in [0.4, 0.5) is 5.00 Å². The maximum absolute atomic E-state index is 12.0. The van der Waals surface area contributed by atoms with E-state index < -0.39 is 5.97 Å². The molecule has 1 aliphatic heterocycles. The lowest BCUT2D eigenvalue weighted by atomic mass is 9.93. The Morgan fingerprint density at radius 2 is 2.33 bits per heavy atom. The maximum Gasteiger partial charge on any atom is 0.351 e. The third-order valence-corrected chi connectivity index (χ3v) is 4.83. The fourth-order valence-electron chi connectivity index (χ4n) is 2.73. The van der Waals surface area contributed by atoms with Gasteiger partial charge < -0.3 is 10.1 Å². The molecule has 5 nitrogen and oxygen atoms in total. The second-order valence-corrected chi connectivity index (χ2v) is 5.96. The van der Waals surface area contributed by atoms with Crippen LogP contribution in [0.5, 0.6) is 0 Å². The van der Waals surface area contributed by atoms with Gasteiger partial charge in [-0.1, -0.05) is 0 Å². The molecule has 108 valence electrons. The highest BCUT2D eigenvalue weighted by Gasteiger charge is 2.28. The molecule has 0 fully saturated rings. The Labute approximate surface area is 126 Å². The molecule has 1 aromatic rings. The third-order valence-electron chi connectivity index (χ3n) is 3.63. The van der Waals surface area contributed by atoms with Gasteiger partial charge in [-0.15, -0.1) is 11.3 Å². The van der Waals surface area contributed by atoms with Crippen LogP contribution in [0.2, 0.25) is 0 Å². The second kappa shape index (κ2) is 5.70. The van der Waals surface area contributed by atoms with Crippen molar-refractivity contribution in [3.05, 3.63) is 21.6 Å².